The van der Waals surface area contributed by atoms with Crippen LogP contribution in [0.15, 0.2) is 52.0 Å². The molecule has 1 N–H and O–H groups in total. The maximum absolute atomic E-state index is 12.0. The van der Waals surface area contributed by atoms with Crippen molar-refractivity contribution in [3.8, 4) is 6.07 Å². The number of benzene rings is 1. The van der Waals surface area contributed by atoms with Gasteiger partial charge in [0.1, 0.15) is 5.76 Å². The van der Waals surface area contributed by atoms with Crippen molar-refractivity contribution in [3.05, 3.63) is 54.0 Å². The van der Waals surface area contributed by atoms with E-state index in [1.807, 2.05) is 18.2 Å². The van der Waals surface area contributed by atoms with Crippen LogP contribution in [0.2, 0.25) is 0 Å². The molecule has 0 aliphatic rings. The maximum Gasteiger partial charge on any atom is 0.240 e. The summed E-state index contributed by atoms with van der Waals surface area (Å²) in [6.07, 6.45) is 1.61. The molecule has 0 aliphatic heterocycles. The molecule has 5 nitrogen and oxygen atoms in total. The standard InChI is InChI=1S/C14H14N2O3S2/c15-10-12-3-1-5-14(9-12)21(17,18)16-6-8-20-11-13-4-2-7-19-13/h1-5,7,9,16H,6,8,11H2. The van der Waals surface area contributed by atoms with Gasteiger partial charge in [-0.2, -0.15) is 17.0 Å². The number of rotatable bonds is 7. The van der Waals surface area contributed by atoms with E-state index >= 15 is 0 Å². The minimum absolute atomic E-state index is 0.109. The monoisotopic (exact) mass is 322 g/mol. The Morgan fingerprint density at radius 3 is 2.86 bits per heavy atom. The average molecular weight is 322 g/mol. The van der Waals surface area contributed by atoms with Gasteiger partial charge in [0.15, 0.2) is 0 Å². The molecule has 0 spiro atoms. The number of nitrogens with one attached hydrogen (secondary N) is 1. The zero-order valence-electron chi connectivity index (χ0n) is 11.2. The zero-order chi connectivity index (χ0) is 15.1. The topological polar surface area (TPSA) is 83.1 Å². The first-order valence-corrected chi connectivity index (χ1v) is 8.85. The van der Waals surface area contributed by atoms with E-state index in [4.69, 9.17) is 9.68 Å². The van der Waals surface area contributed by atoms with E-state index in [-0.39, 0.29) is 4.90 Å². The van der Waals surface area contributed by atoms with Crippen LogP contribution in [-0.2, 0) is 15.8 Å². The molecule has 0 saturated carbocycles. The summed E-state index contributed by atoms with van der Waals surface area (Å²) >= 11 is 1.58. The van der Waals surface area contributed by atoms with Crippen LogP contribution in [0.4, 0.5) is 0 Å². The molecule has 1 aromatic heterocycles. The summed E-state index contributed by atoms with van der Waals surface area (Å²) in [6, 6.07) is 11.6. The Morgan fingerprint density at radius 1 is 1.29 bits per heavy atom. The SMILES string of the molecule is N#Cc1cccc(S(=O)(=O)NCCSCc2ccco2)c1. The quantitative estimate of drug-likeness (QED) is 0.791. The van der Waals surface area contributed by atoms with Gasteiger partial charge in [0.2, 0.25) is 10.0 Å². The van der Waals surface area contributed by atoms with E-state index in [1.165, 1.54) is 12.1 Å². The smallest absolute Gasteiger partial charge is 0.240 e. The number of sulfonamides is 1. The normalized spacial score (nSPS) is 11.2. The number of nitriles is 1. The molecule has 110 valence electrons. The van der Waals surface area contributed by atoms with Gasteiger partial charge in [0.25, 0.3) is 0 Å². The molecule has 21 heavy (non-hydrogen) atoms. The first-order valence-electron chi connectivity index (χ1n) is 6.22. The second kappa shape index (κ2) is 7.31. The highest BCUT2D eigenvalue weighted by atomic mass is 32.2. The Bertz CT molecular complexity index is 719. The fraction of sp³-hybridized carbons (Fsp3) is 0.214. The molecule has 0 saturated heterocycles. The van der Waals surface area contributed by atoms with Crippen LogP contribution in [0.5, 0.6) is 0 Å². The van der Waals surface area contributed by atoms with Crippen molar-refractivity contribution in [2.45, 2.75) is 10.6 Å². The summed E-state index contributed by atoms with van der Waals surface area (Å²) in [7, 11) is -3.57. The number of hydrogen-bond acceptors (Lipinski definition) is 5. The summed E-state index contributed by atoms with van der Waals surface area (Å²) in [6.45, 7) is 0.324. The summed E-state index contributed by atoms with van der Waals surface area (Å²) in [4.78, 5) is 0.109. The Labute approximate surface area is 128 Å². The van der Waals surface area contributed by atoms with Crippen LogP contribution in [0.3, 0.4) is 0 Å². The highest BCUT2D eigenvalue weighted by molar-refractivity contribution is 7.98. The fourth-order valence-corrected chi connectivity index (χ4v) is 3.59. The molecule has 1 aromatic carbocycles. The fourth-order valence-electron chi connectivity index (χ4n) is 1.63. The zero-order valence-corrected chi connectivity index (χ0v) is 12.8. The Hall–Kier alpha value is -1.75. The minimum Gasteiger partial charge on any atom is -0.468 e. The molecule has 2 rings (SSSR count). The Balaban J connectivity index is 1.82. The average Bonchev–Trinajstić information content (AvgIpc) is 3.00. The molecule has 0 amide bonds. The molecular weight excluding hydrogens is 308 g/mol. The molecular formula is C14H14N2O3S2. The van der Waals surface area contributed by atoms with Gasteiger partial charge in [0.05, 0.1) is 28.5 Å². The van der Waals surface area contributed by atoms with Crippen molar-refractivity contribution < 1.29 is 12.8 Å². The second-order valence-corrected chi connectivity index (χ2v) is 7.04. The molecule has 1 heterocycles. The van der Waals surface area contributed by atoms with Crippen molar-refractivity contribution >= 4 is 21.8 Å². The van der Waals surface area contributed by atoms with Crippen LogP contribution in [0.25, 0.3) is 0 Å². The van der Waals surface area contributed by atoms with Gasteiger partial charge >= 0.3 is 0 Å². The second-order valence-electron chi connectivity index (χ2n) is 4.17. The number of hydrogen-bond donors (Lipinski definition) is 1. The first kappa shape index (κ1) is 15.6. The highest BCUT2D eigenvalue weighted by Gasteiger charge is 2.13. The van der Waals surface area contributed by atoms with Gasteiger partial charge in [-0.3, -0.25) is 0 Å². The summed E-state index contributed by atoms with van der Waals surface area (Å²) in [5.74, 6) is 2.21. The van der Waals surface area contributed by atoms with Gasteiger partial charge in [0, 0.05) is 12.3 Å². The van der Waals surface area contributed by atoms with Gasteiger partial charge in [-0.1, -0.05) is 6.07 Å². The largest absolute Gasteiger partial charge is 0.468 e. The van der Waals surface area contributed by atoms with Crippen molar-refractivity contribution in [1.29, 1.82) is 5.26 Å². The van der Waals surface area contributed by atoms with Crippen molar-refractivity contribution in [2.75, 3.05) is 12.3 Å². The van der Waals surface area contributed by atoms with Crippen LogP contribution < -0.4 is 4.72 Å². The Kier molecular flexibility index (Phi) is 5.44. The third-order valence-corrected chi connectivity index (χ3v) is 5.08. The summed E-state index contributed by atoms with van der Waals surface area (Å²) in [5.41, 5.74) is 0.324. The van der Waals surface area contributed by atoms with Gasteiger partial charge in [-0.15, -0.1) is 0 Å². The highest BCUT2D eigenvalue weighted by Crippen LogP contribution is 2.13. The van der Waals surface area contributed by atoms with E-state index in [0.29, 0.717) is 23.6 Å². The number of nitrogens with zero attached hydrogens (tertiary/aromatic N) is 1. The van der Waals surface area contributed by atoms with E-state index < -0.39 is 10.0 Å². The van der Waals surface area contributed by atoms with Crippen LogP contribution >= 0.6 is 11.8 Å². The molecule has 0 aliphatic carbocycles. The lowest BCUT2D eigenvalue weighted by Gasteiger charge is -2.06. The number of thioether (sulfide) groups is 1. The van der Waals surface area contributed by atoms with Gasteiger partial charge in [-0.25, -0.2) is 13.1 Å². The molecule has 0 atom stereocenters. The molecule has 2 aromatic rings. The van der Waals surface area contributed by atoms with Crippen LogP contribution in [0.1, 0.15) is 11.3 Å². The van der Waals surface area contributed by atoms with E-state index in [9.17, 15) is 8.42 Å². The van der Waals surface area contributed by atoms with Gasteiger partial charge < -0.3 is 4.42 Å². The van der Waals surface area contributed by atoms with Crippen LogP contribution in [0, 0.1) is 11.3 Å². The molecule has 0 unspecified atom stereocenters. The molecule has 7 heteroatoms. The minimum atomic E-state index is -3.57. The van der Waals surface area contributed by atoms with Crippen LogP contribution in [-0.4, -0.2) is 20.7 Å². The third-order valence-electron chi connectivity index (χ3n) is 2.64. The third kappa shape index (κ3) is 4.63. The predicted molar refractivity (Wildman–Crippen MR) is 81.2 cm³/mol. The Morgan fingerprint density at radius 2 is 2.14 bits per heavy atom. The lowest BCUT2D eigenvalue weighted by Crippen LogP contribution is -2.26. The van der Waals surface area contributed by atoms with Crippen molar-refractivity contribution in [3.63, 3.8) is 0 Å². The van der Waals surface area contributed by atoms with Gasteiger partial charge in [-0.05, 0) is 30.3 Å². The van der Waals surface area contributed by atoms with Crippen molar-refractivity contribution in [2.24, 2.45) is 0 Å². The lowest BCUT2D eigenvalue weighted by atomic mass is 10.2. The predicted octanol–water partition coefficient (Wildman–Crippen LogP) is 2.36. The molecule has 0 fully saturated rings. The lowest BCUT2D eigenvalue weighted by molar-refractivity contribution is 0.530. The summed E-state index contributed by atoms with van der Waals surface area (Å²) in [5, 5.41) is 8.79. The number of furan rings is 1. The molecule has 0 radical (unpaired) electrons. The van der Waals surface area contributed by atoms with E-state index in [2.05, 4.69) is 4.72 Å². The van der Waals surface area contributed by atoms with E-state index in [1.54, 1.807) is 30.2 Å². The first-order chi connectivity index (χ1) is 10.1. The van der Waals surface area contributed by atoms with Crippen molar-refractivity contribution in [1.82, 2.24) is 4.72 Å². The maximum atomic E-state index is 12.0. The van der Waals surface area contributed by atoms with E-state index in [0.717, 1.165) is 5.76 Å². The molecule has 0 bridgehead atoms. The summed E-state index contributed by atoms with van der Waals surface area (Å²) < 4.78 is 31.8.